The van der Waals surface area contributed by atoms with Crippen molar-refractivity contribution in [2.75, 3.05) is 18.9 Å². The molecule has 1 N–H and O–H groups in total. The van der Waals surface area contributed by atoms with E-state index in [9.17, 15) is 0 Å². The van der Waals surface area contributed by atoms with Gasteiger partial charge in [-0.1, -0.05) is 30.3 Å². The molecule has 0 bridgehead atoms. The highest BCUT2D eigenvalue weighted by Crippen LogP contribution is 2.32. The molecular weight excluding hydrogens is 260 g/mol. The molecule has 3 rings (SSSR count). The average Bonchev–Trinajstić information content (AvgIpc) is 2.89. The van der Waals surface area contributed by atoms with Crippen LogP contribution in [-0.4, -0.2) is 29.5 Å². The molecule has 1 aliphatic heterocycles. The number of pyridine rings is 1. The maximum Gasteiger partial charge on any atom is 0.140 e. The smallest absolute Gasteiger partial charge is 0.140 e. The van der Waals surface area contributed by atoms with Crippen LogP contribution in [0.1, 0.15) is 23.7 Å². The van der Waals surface area contributed by atoms with Crippen molar-refractivity contribution < 1.29 is 0 Å². The van der Waals surface area contributed by atoms with Crippen LogP contribution >= 0.6 is 0 Å². The summed E-state index contributed by atoms with van der Waals surface area (Å²) in [6.07, 6.45) is 2.83. The Bertz CT molecular complexity index is 630. The molecule has 2 aromatic rings. The predicted octanol–water partition coefficient (Wildman–Crippen LogP) is 2.81. The minimum atomic E-state index is 0.354. The SMILES string of the molecule is CN1CC[C@@H](Nc2ccc(C#N)nc2)[C@@H]1c1ccccc1. The summed E-state index contributed by atoms with van der Waals surface area (Å²) < 4.78 is 0. The zero-order chi connectivity index (χ0) is 14.7. The lowest BCUT2D eigenvalue weighted by atomic mass is 10.00. The summed E-state index contributed by atoms with van der Waals surface area (Å²) in [4.78, 5) is 6.50. The van der Waals surface area contributed by atoms with Gasteiger partial charge in [-0.3, -0.25) is 4.90 Å². The van der Waals surface area contributed by atoms with Crippen LogP contribution < -0.4 is 5.32 Å². The number of rotatable bonds is 3. The Balaban J connectivity index is 1.79. The van der Waals surface area contributed by atoms with Gasteiger partial charge in [0.25, 0.3) is 0 Å². The molecular formula is C17H18N4. The van der Waals surface area contributed by atoms with Crippen LogP contribution in [0.3, 0.4) is 0 Å². The third-order valence-corrected chi connectivity index (χ3v) is 4.02. The lowest BCUT2D eigenvalue weighted by Crippen LogP contribution is -2.29. The van der Waals surface area contributed by atoms with E-state index < -0.39 is 0 Å². The van der Waals surface area contributed by atoms with E-state index in [0.717, 1.165) is 18.7 Å². The number of hydrogen-bond donors (Lipinski definition) is 1. The normalized spacial score (nSPS) is 21.9. The van der Waals surface area contributed by atoms with Gasteiger partial charge >= 0.3 is 0 Å². The van der Waals surface area contributed by atoms with Gasteiger partial charge < -0.3 is 5.32 Å². The van der Waals surface area contributed by atoms with Crippen LogP contribution in [0.5, 0.6) is 0 Å². The fourth-order valence-corrected chi connectivity index (χ4v) is 2.99. The second-order valence-corrected chi connectivity index (χ2v) is 5.42. The molecule has 0 unspecified atom stereocenters. The Kier molecular flexibility index (Phi) is 3.85. The first-order valence-electron chi connectivity index (χ1n) is 7.16. The summed E-state index contributed by atoms with van der Waals surface area (Å²) in [6.45, 7) is 1.07. The van der Waals surface area contributed by atoms with Gasteiger partial charge in [0.1, 0.15) is 11.8 Å². The minimum absolute atomic E-state index is 0.354. The van der Waals surface area contributed by atoms with Gasteiger partial charge in [-0.05, 0) is 31.2 Å². The van der Waals surface area contributed by atoms with E-state index in [1.54, 1.807) is 12.3 Å². The number of nitrogens with one attached hydrogen (secondary N) is 1. The molecule has 2 atom stereocenters. The van der Waals surface area contributed by atoms with Crippen molar-refractivity contribution in [3.63, 3.8) is 0 Å². The molecule has 1 aromatic heterocycles. The highest BCUT2D eigenvalue weighted by Gasteiger charge is 2.32. The van der Waals surface area contributed by atoms with Crippen molar-refractivity contribution in [3.05, 3.63) is 59.9 Å². The van der Waals surface area contributed by atoms with E-state index in [4.69, 9.17) is 5.26 Å². The molecule has 0 saturated carbocycles. The zero-order valence-corrected chi connectivity index (χ0v) is 12.0. The molecule has 4 heteroatoms. The Hall–Kier alpha value is -2.38. The summed E-state index contributed by atoms with van der Waals surface area (Å²) in [5, 5.41) is 12.4. The minimum Gasteiger partial charge on any atom is -0.379 e. The van der Waals surface area contributed by atoms with Crippen molar-refractivity contribution in [3.8, 4) is 6.07 Å². The van der Waals surface area contributed by atoms with Crippen molar-refractivity contribution >= 4 is 5.69 Å². The number of likely N-dealkylation sites (tertiary alicyclic amines) is 1. The van der Waals surface area contributed by atoms with Gasteiger partial charge in [0.05, 0.1) is 17.9 Å². The molecule has 1 aliphatic rings. The molecule has 0 radical (unpaired) electrons. The first-order valence-corrected chi connectivity index (χ1v) is 7.16. The number of benzene rings is 1. The van der Waals surface area contributed by atoms with Crippen LogP contribution in [0.25, 0.3) is 0 Å². The second kappa shape index (κ2) is 5.94. The monoisotopic (exact) mass is 278 g/mol. The lowest BCUT2D eigenvalue weighted by Gasteiger charge is -2.26. The second-order valence-electron chi connectivity index (χ2n) is 5.42. The van der Waals surface area contributed by atoms with Crippen molar-refractivity contribution in [2.45, 2.75) is 18.5 Å². The number of aromatic nitrogens is 1. The van der Waals surface area contributed by atoms with E-state index in [-0.39, 0.29) is 0 Å². The Morgan fingerprint density at radius 2 is 2.05 bits per heavy atom. The maximum atomic E-state index is 8.80. The van der Waals surface area contributed by atoms with Gasteiger partial charge in [-0.25, -0.2) is 4.98 Å². The topological polar surface area (TPSA) is 52.0 Å². The molecule has 0 aliphatic carbocycles. The third-order valence-electron chi connectivity index (χ3n) is 4.02. The fourth-order valence-electron chi connectivity index (χ4n) is 2.99. The number of hydrogen-bond acceptors (Lipinski definition) is 4. The third kappa shape index (κ3) is 2.88. The largest absolute Gasteiger partial charge is 0.379 e. The zero-order valence-electron chi connectivity index (χ0n) is 12.0. The average molecular weight is 278 g/mol. The number of nitrogens with zero attached hydrogens (tertiary/aromatic N) is 3. The molecule has 2 heterocycles. The Morgan fingerprint density at radius 3 is 2.71 bits per heavy atom. The summed E-state index contributed by atoms with van der Waals surface area (Å²) in [5.74, 6) is 0. The van der Waals surface area contributed by atoms with Crippen LogP contribution in [0, 0.1) is 11.3 Å². The van der Waals surface area contributed by atoms with E-state index in [0.29, 0.717) is 17.8 Å². The van der Waals surface area contributed by atoms with Crippen molar-refractivity contribution in [1.29, 1.82) is 5.26 Å². The number of anilines is 1. The molecule has 4 nitrogen and oxygen atoms in total. The summed E-state index contributed by atoms with van der Waals surface area (Å²) in [6, 6.07) is 17.0. The van der Waals surface area contributed by atoms with E-state index in [1.165, 1.54) is 5.56 Å². The molecule has 0 spiro atoms. The number of likely N-dealkylation sites (N-methyl/N-ethyl adjacent to an activating group) is 1. The quantitative estimate of drug-likeness (QED) is 0.938. The van der Waals surface area contributed by atoms with Crippen LogP contribution in [0.4, 0.5) is 5.69 Å². The van der Waals surface area contributed by atoms with Gasteiger partial charge in [0.2, 0.25) is 0 Å². The molecule has 21 heavy (non-hydrogen) atoms. The first kappa shape index (κ1) is 13.6. The van der Waals surface area contributed by atoms with Gasteiger partial charge in [-0.2, -0.15) is 5.26 Å². The molecule has 1 aromatic carbocycles. The summed E-state index contributed by atoms with van der Waals surface area (Å²) in [7, 11) is 2.16. The summed E-state index contributed by atoms with van der Waals surface area (Å²) >= 11 is 0. The van der Waals surface area contributed by atoms with Crippen molar-refractivity contribution in [2.24, 2.45) is 0 Å². The molecule has 1 saturated heterocycles. The fraction of sp³-hybridized carbons (Fsp3) is 0.294. The Labute approximate surface area is 125 Å². The van der Waals surface area contributed by atoms with Gasteiger partial charge in [0.15, 0.2) is 0 Å². The summed E-state index contributed by atoms with van der Waals surface area (Å²) in [5.41, 5.74) is 2.75. The first-order chi connectivity index (χ1) is 10.3. The molecule has 1 fully saturated rings. The van der Waals surface area contributed by atoms with E-state index in [2.05, 4.69) is 46.5 Å². The molecule has 0 amide bonds. The van der Waals surface area contributed by atoms with Crippen LogP contribution in [0.15, 0.2) is 48.7 Å². The standard InChI is InChI=1S/C17H18N4/c1-21-10-9-16(17(21)13-5-3-2-4-6-13)20-15-8-7-14(11-18)19-12-15/h2-8,12,16-17,20H,9-10H2,1H3/t16-,17+/m1/s1. The van der Waals surface area contributed by atoms with Crippen LogP contribution in [0.2, 0.25) is 0 Å². The van der Waals surface area contributed by atoms with Gasteiger partial charge in [0, 0.05) is 12.6 Å². The Morgan fingerprint density at radius 1 is 1.24 bits per heavy atom. The van der Waals surface area contributed by atoms with Crippen LogP contribution in [-0.2, 0) is 0 Å². The predicted molar refractivity (Wildman–Crippen MR) is 82.8 cm³/mol. The van der Waals surface area contributed by atoms with E-state index in [1.807, 2.05) is 18.2 Å². The van der Waals surface area contributed by atoms with Crippen molar-refractivity contribution in [1.82, 2.24) is 9.88 Å². The number of nitriles is 1. The highest BCUT2D eigenvalue weighted by atomic mass is 15.2. The van der Waals surface area contributed by atoms with E-state index >= 15 is 0 Å². The van der Waals surface area contributed by atoms with Gasteiger partial charge in [-0.15, -0.1) is 0 Å². The highest BCUT2D eigenvalue weighted by molar-refractivity contribution is 5.45. The lowest BCUT2D eigenvalue weighted by molar-refractivity contribution is 0.309. The maximum absolute atomic E-state index is 8.80. The molecule has 106 valence electrons.